The third-order valence-corrected chi connectivity index (χ3v) is 6.46. The van der Waals surface area contributed by atoms with Crippen LogP contribution in [0.5, 0.6) is 0 Å². The van der Waals surface area contributed by atoms with Gasteiger partial charge in [-0.2, -0.15) is 4.98 Å². The first-order valence-electron chi connectivity index (χ1n) is 11.8. The van der Waals surface area contributed by atoms with Crippen LogP contribution in [0.15, 0.2) is 73.1 Å². The Morgan fingerprint density at radius 2 is 1.77 bits per heavy atom. The van der Waals surface area contributed by atoms with E-state index in [0.29, 0.717) is 30.7 Å². The molecule has 2 aromatic carbocycles. The van der Waals surface area contributed by atoms with Gasteiger partial charge in [-0.3, -0.25) is 9.36 Å². The van der Waals surface area contributed by atoms with Gasteiger partial charge < -0.3 is 10.2 Å². The molecule has 2 aromatic heterocycles. The molecule has 0 spiro atoms. The molecule has 1 fully saturated rings. The van der Waals surface area contributed by atoms with Gasteiger partial charge in [0, 0.05) is 37.0 Å². The summed E-state index contributed by atoms with van der Waals surface area (Å²) in [4.78, 5) is 27.0. The standard InChI is InChI=1S/C27H27FN6O/c1-19(20-5-3-2-4-6-20)30-27-29-14-11-25(32-27)34-17-24(21-12-15-33(18-35)16-13-21)31-26(34)22-7-9-23(28)10-8-22/h2-11,14,17-19,21H,12-13,15-16H2,1H3,(H,29,30,32)/t19-/m0/s1. The molecule has 3 heterocycles. The number of benzene rings is 2. The smallest absolute Gasteiger partial charge is 0.225 e. The second kappa shape index (κ2) is 10.0. The Morgan fingerprint density at radius 1 is 1.03 bits per heavy atom. The van der Waals surface area contributed by atoms with E-state index in [9.17, 15) is 9.18 Å². The highest BCUT2D eigenvalue weighted by Gasteiger charge is 2.24. The van der Waals surface area contributed by atoms with Gasteiger partial charge in [0.25, 0.3) is 0 Å². The number of piperidine rings is 1. The van der Waals surface area contributed by atoms with Gasteiger partial charge in [-0.05, 0) is 55.7 Å². The third-order valence-electron chi connectivity index (χ3n) is 6.46. The SMILES string of the molecule is C[C@H](Nc1nccc(-n2cc(C3CCN(C=O)CC3)nc2-c2ccc(F)cc2)n1)c1ccccc1. The van der Waals surface area contributed by atoms with Crippen LogP contribution in [0, 0.1) is 5.82 Å². The van der Waals surface area contributed by atoms with E-state index in [4.69, 9.17) is 9.97 Å². The molecule has 0 bridgehead atoms. The van der Waals surface area contributed by atoms with E-state index >= 15 is 0 Å². The summed E-state index contributed by atoms with van der Waals surface area (Å²) in [6.45, 7) is 3.49. The van der Waals surface area contributed by atoms with Crippen molar-refractivity contribution < 1.29 is 9.18 Å². The number of imidazole rings is 1. The van der Waals surface area contributed by atoms with Crippen molar-refractivity contribution in [2.45, 2.75) is 31.7 Å². The summed E-state index contributed by atoms with van der Waals surface area (Å²) >= 11 is 0. The first kappa shape index (κ1) is 22.7. The molecule has 5 rings (SSSR count). The van der Waals surface area contributed by atoms with Gasteiger partial charge >= 0.3 is 0 Å². The number of carbonyl (C=O) groups is 1. The zero-order valence-corrected chi connectivity index (χ0v) is 19.5. The van der Waals surface area contributed by atoms with E-state index in [0.717, 1.165) is 36.1 Å². The lowest BCUT2D eigenvalue weighted by atomic mass is 9.94. The van der Waals surface area contributed by atoms with Crippen LogP contribution < -0.4 is 5.32 Å². The monoisotopic (exact) mass is 470 g/mol. The van der Waals surface area contributed by atoms with Crippen molar-refractivity contribution in [2.75, 3.05) is 18.4 Å². The second-order valence-electron chi connectivity index (χ2n) is 8.80. The number of hydrogen-bond acceptors (Lipinski definition) is 5. The highest BCUT2D eigenvalue weighted by atomic mass is 19.1. The van der Waals surface area contributed by atoms with Crippen molar-refractivity contribution in [3.63, 3.8) is 0 Å². The fourth-order valence-corrected chi connectivity index (χ4v) is 4.44. The van der Waals surface area contributed by atoms with Crippen molar-refractivity contribution >= 4 is 12.4 Å². The molecular weight excluding hydrogens is 443 g/mol. The normalized spacial score (nSPS) is 15.1. The summed E-state index contributed by atoms with van der Waals surface area (Å²) in [5.41, 5.74) is 2.88. The van der Waals surface area contributed by atoms with E-state index in [-0.39, 0.29) is 17.8 Å². The van der Waals surface area contributed by atoms with Crippen molar-refractivity contribution in [3.05, 3.63) is 90.1 Å². The number of rotatable bonds is 7. The van der Waals surface area contributed by atoms with Crippen LogP contribution in [0.3, 0.4) is 0 Å². The zero-order chi connectivity index (χ0) is 24.2. The number of halogens is 1. The molecule has 7 nitrogen and oxygen atoms in total. The van der Waals surface area contributed by atoms with Crippen molar-refractivity contribution in [2.24, 2.45) is 0 Å². The maximum Gasteiger partial charge on any atom is 0.225 e. The Labute approximate surface area is 203 Å². The van der Waals surface area contributed by atoms with Crippen LogP contribution in [0.25, 0.3) is 17.2 Å². The zero-order valence-electron chi connectivity index (χ0n) is 19.5. The number of nitrogens with zero attached hydrogens (tertiary/aromatic N) is 5. The van der Waals surface area contributed by atoms with Crippen molar-refractivity contribution in [1.29, 1.82) is 0 Å². The number of anilines is 1. The predicted molar refractivity (Wildman–Crippen MR) is 133 cm³/mol. The molecule has 0 radical (unpaired) electrons. The summed E-state index contributed by atoms with van der Waals surface area (Å²) in [7, 11) is 0. The molecule has 1 saturated heterocycles. The molecule has 4 aromatic rings. The molecule has 35 heavy (non-hydrogen) atoms. The summed E-state index contributed by atoms with van der Waals surface area (Å²) in [6, 6.07) is 18.3. The molecule has 8 heteroatoms. The number of nitrogens with one attached hydrogen (secondary N) is 1. The predicted octanol–water partition coefficient (Wildman–Crippen LogP) is 4.98. The Kier molecular flexibility index (Phi) is 6.52. The van der Waals surface area contributed by atoms with Crippen molar-refractivity contribution in [1.82, 2.24) is 24.4 Å². The summed E-state index contributed by atoms with van der Waals surface area (Å²) in [5, 5.41) is 3.37. The summed E-state index contributed by atoms with van der Waals surface area (Å²) < 4.78 is 15.6. The number of hydrogen-bond donors (Lipinski definition) is 1. The van der Waals surface area contributed by atoms with Gasteiger partial charge in [-0.15, -0.1) is 0 Å². The van der Waals surface area contributed by atoms with Crippen LogP contribution in [0.1, 0.15) is 43.0 Å². The summed E-state index contributed by atoms with van der Waals surface area (Å²) in [6.07, 6.45) is 6.34. The summed E-state index contributed by atoms with van der Waals surface area (Å²) in [5.74, 6) is 1.82. The van der Waals surface area contributed by atoms with Crippen LogP contribution in [0.2, 0.25) is 0 Å². The topological polar surface area (TPSA) is 75.9 Å². The Hall–Kier alpha value is -4.07. The van der Waals surface area contributed by atoms with Gasteiger partial charge in [0.2, 0.25) is 12.4 Å². The molecule has 1 aliphatic rings. The molecule has 0 aliphatic carbocycles. The molecule has 178 valence electrons. The minimum Gasteiger partial charge on any atom is -0.348 e. The van der Waals surface area contributed by atoms with Gasteiger partial charge in [-0.1, -0.05) is 30.3 Å². The Bertz CT molecular complexity index is 1280. The second-order valence-corrected chi connectivity index (χ2v) is 8.80. The van der Waals surface area contributed by atoms with Gasteiger partial charge in [0.15, 0.2) is 0 Å². The molecule has 1 amide bonds. The molecule has 0 saturated carbocycles. The van der Waals surface area contributed by atoms with Gasteiger partial charge in [0.05, 0.1) is 11.7 Å². The highest BCUT2D eigenvalue weighted by Crippen LogP contribution is 2.31. The van der Waals surface area contributed by atoms with Gasteiger partial charge in [0.1, 0.15) is 17.5 Å². The van der Waals surface area contributed by atoms with Crippen molar-refractivity contribution in [3.8, 4) is 17.2 Å². The van der Waals surface area contributed by atoms with Gasteiger partial charge in [-0.25, -0.2) is 14.4 Å². The average Bonchev–Trinajstić information content (AvgIpc) is 3.35. The van der Waals surface area contributed by atoms with Crippen LogP contribution in [0.4, 0.5) is 10.3 Å². The quantitative estimate of drug-likeness (QED) is 0.386. The van der Waals surface area contributed by atoms with Crippen LogP contribution >= 0.6 is 0 Å². The number of carbonyl (C=O) groups excluding carboxylic acids is 1. The van der Waals surface area contributed by atoms with E-state index in [2.05, 4.69) is 29.4 Å². The minimum atomic E-state index is -0.295. The highest BCUT2D eigenvalue weighted by molar-refractivity contribution is 5.59. The Morgan fingerprint density at radius 3 is 2.49 bits per heavy atom. The first-order chi connectivity index (χ1) is 17.1. The minimum absolute atomic E-state index is 0.0318. The maximum absolute atomic E-state index is 13.6. The Balaban J connectivity index is 1.48. The van der Waals surface area contributed by atoms with E-state index in [1.54, 1.807) is 23.2 Å². The number of likely N-dealkylation sites (tertiary alicyclic amines) is 1. The van der Waals surface area contributed by atoms with E-state index in [1.165, 1.54) is 12.1 Å². The fourth-order valence-electron chi connectivity index (χ4n) is 4.44. The third kappa shape index (κ3) is 5.06. The maximum atomic E-state index is 13.6. The van der Waals surface area contributed by atoms with Crippen LogP contribution in [-0.4, -0.2) is 43.9 Å². The number of aromatic nitrogens is 4. The van der Waals surface area contributed by atoms with E-state index in [1.807, 2.05) is 35.0 Å². The molecule has 0 unspecified atom stereocenters. The molecule has 1 aliphatic heterocycles. The molecular formula is C27H27FN6O. The largest absolute Gasteiger partial charge is 0.348 e. The lowest BCUT2D eigenvalue weighted by Gasteiger charge is -2.28. The molecule has 1 N–H and O–H groups in total. The molecule has 1 atom stereocenters. The first-order valence-corrected chi connectivity index (χ1v) is 11.8. The van der Waals surface area contributed by atoms with E-state index < -0.39 is 0 Å². The lowest BCUT2D eigenvalue weighted by molar-refractivity contribution is -0.119. The fraction of sp³-hybridized carbons (Fsp3) is 0.259. The lowest BCUT2D eigenvalue weighted by Crippen LogP contribution is -2.31. The van der Waals surface area contributed by atoms with Crippen LogP contribution in [-0.2, 0) is 4.79 Å². The average molecular weight is 471 g/mol. The number of amides is 1.